The molecule has 1 amide bonds. The molecule has 0 fully saturated rings. The molecule has 0 aliphatic heterocycles. The summed E-state index contributed by atoms with van der Waals surface area (Å²) in [5, 5.41) is 0. The Hall–Kier alpha value is 0.0700. The molecule has 0 aromatic rings. The number of thioether (sulfide) groups is 1. The molecule has 13 heavy (non-hydrogen) atoms. The molecule has 5 heteroatoms. The van der Waals surface area contributed by atoms with Gasteiger partial charge in [-0.3, -0.25) is 4.79 Å². The number of nitrogens with one attached hydrogen (secondary N) is 1. The lowest BCUT2D eigenvalue weighted by molar-refractivity contribution is -0.855. The van der Waals surface area contributed by atoms with E-state index >= 15 is 0 Å². The topological polar surface area (TPSA) is 47.5 Å². The molecule has 0 saturated carbocycles. The van der Waals surface area contributed by atoms with Gasteiger partial charge in [0, 0.05) is 17.4 Å². The molecule has 0 aromatic carbocycles. The number of hydrogen-bond acceptors (Lipinski definition) is 2. The molecule has 0 aliphatic carbocycles. The van der Waals surface area contributed by atoms with Gasteiger partial charge in [-0.15, -0.1) is 0 Å². The number of halogens is 1. The average molecular weight is 227 g/mol. The number of hydrogen-bond donors (Lipinski definition) is 2. The van der Waals surface area contributed by atoms with Gasteiger partial charge >= 0.3 is 0 Å². The molecule has 0 bridgehead atoms. The molecular weight excluding hydrogens is 208 g/mol. The predicted octanol–water partition coefficient (Wildman–Crippen LogP) is -4.01. The van der Waals surface area contributed by atoms with Crippen LogP contribution in [0.5, 0.6) is 0 Å². The minimum Gasteiger partial charge on any atom is -1.00 e. The maximum Gasteiger partial charge on any atom is 0.221 e. The second-order valence-corrected chi connectivity index (χ2v) is 4.49. The first-order valence-electron chi connectivity index (χ1n) is 4.20. The van der Waals surface area contributed by atoms with E-state index in [9.17, 15) is 4.79 Å². The summed E-state index contributed by atoms with van der Waals surface area (Å²) in [5.74, 6) is 1.76. The number of rotatable bonds is 6. The van der Waals surface area contributed by atoms with Crippen LogP contribution in [0.4, 0.5) is 0 Å². The number of quaternary nitrogens is 1. The van der Waals surface area contributed by atoms with E-state index < -0.39 is 0 Å². The predicted molar refractivity (Wildman–Crippen MR) is 53.4 cm³/mol. The van der Waals surface area contributed by atoms with E-state index in [1.54, 1.807) is 11.8 Å². The van der Waals surface area contributed by atoms with Crippen LogP contribution in [0.1, 0.15) is 6.92 Å². The average Bonchev–Trinajstić information content (AvgIpc) is 1.97. The van der Waals surface area contributed by atoms with Crippen LogP contribution < -0.4 is 23.0 Å². The van der Waals surface area contributed by atoms with Crippen LogP contribution in [0.2, 0.25) is 0 Å². The summed E-state index contributed by atoms with van der Waals surface area (Å²) in [5.41, 5.74) is 5.12. The van der Waals surface area contributed by atoms with Crippen LogP contribution in [-0.2, 0) is 4.79 Å². The third kappa shape index (κ3) is 9.99. The van der Waals surface area contributed by atoms with Gasteiger partial charge in [0.15, 0.2) is 0 Å². The van der Waals surface area contributed by atoms with Crippen molar-refractivity contribution in [1.82, 2.24) is 0 Å². The maximum atomic E-state index is 10.6. The van der Waals surface area contributed by atoms with E-state index in [0.29, 0.717) is 0 Å². The van der Waals surface area contributed by atoms with Crippen molar-refractivity contribution in [1.29, 1.82) is 0 Å². The Bertz CT molecular complexity index is 144. The molecule has 3 nitrogen and oxygen atoms in total. The molecule has 0 aliphatic rings. The summed E-state index contributed by atoms with van der Waals surface area (Å²) in [6.45, 7) is 3.01. The van der Waals surface area contributed by atoms with E-state index in [1.165, 1.54) is 4.90 Å². The van der Waals surface area contributed by atoms with Crippen molar-refractivity contribution in [2.75, 3.05) is 32.1 Å². The first-order chi connectivity index (χ1) is 5.54. The van der Waals surface area contributed by atoms with Crippen LogP contribution in [0.3, 0.4) is 0 Å². The summed E-state index contributed by atoms with van der Waals surface area (Å²) in [4.78, 5) is 12.1. The van der Waals surface area contributed by atoms with Gasteiger partial charge in [0.05, 0.1) is 20.6 Å². The van der Waals surface area contributed by atoms with Gasteiger partial charge in [-0.1, -0.05) is 6.92 Å². The zero-order valence-electron chi connectivity index (χ0n) is 8.47. The van der Waals surface area contributed by atoms with Gasteiger partial charge in [-0.25, -0.2) is 0 Å². The van der Waals surface area contributed by atoms with Crippen molar-refractivity contribution in [2.45, 2.75) is 6.92 Å². The van der Waals surface area contributed by atoms with Crippen molar-refractivity contribution in [2.24, 2.45) is 11.7 Å². The molecule has 0 spiro atoms. The molecule has 0 saturated heterocycles. The fourth-order valence-corrected chi connectivity index (χ4v) is 1.86. The Morgan fingerprint density at radius 2 is 2.08 bits per heavy atom. The van der Waals surface area contributed by atoms with Crippen molar-refractivity contribution < 1.29 is 22.1 Å². The quantitative estimate of drug-likeness (QED) is 0.454. The number of primary amides is 1. The fourth-order valence-electron chi connectivity index (χ4n) is 0.619. The zero-order chi connectivity index (χ0) is 9.56. The van der Waals surface area contributed by atoms with Crippen LogP contribution in [0.15, 0.2) is 0 Å². The summed E-state index contributed by atoms with van der Waals surface area (Å²) in [6.07, 6.45) is 0. The Labute approximate surface area is 90.8 Å². The largest absolute Gasteiger partial charge is 1.00 e. The zero-order valence-corrected chi connectivity index (χ0v) is 10.0. The number of nitrogens with two attached hydrogens (primary N) is 1. The summed E-state index contributed by atoms with van der Waals surface area (Å²) >= 11 is 1.80. The fraction of sp³-hybridized carbons (Fsp3) is 0.875. The number of amides is 1. The second kappa shape index (κ2) is 8.66. The molecule has 0 aromatic heterocycles. The Morgan fingerprint density at radius 3 is 2.46 bits per heavy atom. The minimum absolute atomic E-state index is 0. The van der Waals surface area contributed by atoms with Gasteiger partial charge < -0.3 is 23.0 Å². The summed E-state index contributed by atoms with van der Waals surface area (Å²) in [6, 6.07) is 0. The third-order valence-corrected chi connectivity index (χ3v) is 2.83. The lowest BCUT2D eigenvalue weighted by Crippen LogP contribution is -3.06. The van der Waals surface area contributed by atoms with Crippen LogP contribution in [0, 0.1) is 5.92 Å². The van der Waals surface area contributed by atoms with Gasteiger partial charge in [0.25, 0.3) is 0 Å². The molecule has 0 radical (unpaired) electrons. The smallest absolute Gasteiger partial charge is 0.221 e. The third-order valence-electron chi connectivity index (χ3n) is 1.60. The molecule has 1 atom stereocenters. The minimum atomic E-state index is -0.195. The van der Waals surface area contributed by atoms with Crippen LogP contribution in [-0.4, -0.2) is 38.1 Å². The van der Waals surface area contributed by atoms with Gasteiger partial charge in [-0.2, -0.15) is 11.8 Å². The van der Waals surface area contributed by atoms with Gasteiger partial charge in [0.2, 0.25) is 5.91 Å². The van der Waals surface area contributed by atoms with Crippen molar-refractivity contribution in [3.05, 3.63) is 0 Å². The van der Waals surface area contributed by atoms with E-state index in [0.717, 1.165) is 18.1 Å². The van der Waals surface area contributed by atoms with Crippen molar-refractivity contribution in [3.63, 3.8) is 0 Å². The van der Waals surface area contributed by atoms with Gasteiger partial charge in [0.1, 0.15) is 0 Å². The lowest BCUT2D eigenvalue weighted by atomic mass is 10.2. The van der Waals surface area contributed by atoms with Crippen LogP contribution in [0.25, 0.3) is 0 Å². The molecule has 3 N–H and O–H groups in total. The van der Waals surface area contributed by atoms with Crippen molar-refractivity contribution >= 4 is 17.7 Å². The molecule has 0 rings (SSSR count). The highest BCUT2D eigenvalue weighted by atomic mass is 35.5. The van der Waals surface area contributed by atoms with E-state index in [4.69, 9.17) is 5.73 Å². The Kier molecular flexibility index (Phi) is 10.3. The number of carbonyl (C=O) groups excluding carboxylic acids is 1. The summed E-state index contributed by atoms with van der Waals surface area (Å²) in [7, 11) is 4.25. The monoisotopic (exact) mass is 226 g/mol. The van der Waals surface area contributed by atoms with E-state index in [2.05, 4.69) is 14.1 Å². The molecule has 1 unspecified atom stereocenters. The maximum absolute atomic E-state index is 10.6. The van der Waals surface area contributed by atoms with Crippen LogP contribution >= 0.6 is 11.8 Å². The highest BCUT2D eigenvalue weighted by Gasteiger charge is 2.07. The first-order valence-corrected chi connectivity index (χ1v) is 5.35. The molecule has 80 valence electrons. The Balaban J connectivity index is 0. The highest BCUT2D eigenvalue weighted by molar-refractivity contribution is 7.99. The molecular formula is C8H19ClN2OS. The molecule has 0 heterocycles. The van der Waals surface area contributed by atoms with E-state index in [-0.39, 0.29) is 24.2 Å². The van der Waals surface area contributed by atoms with Gasteiger partial charge in [-0.05, 0) is 0 Å². The SMILES string of the molecule is CC(CSCC[NH+](C)C)C(N)=O.[Cl-]. The first kappa shape index (κ1) is 15.5. The Morgan fingerprint density at radius 1 is 1.54 bits per heavy atom. The number of carbonyl (C=O) groups is 1. The standard InChI is InChI=1S/C8H18N2OS.ClH/c1-7(8(9)11)6-12-5-4-10(2)3;/h7H,4-6H2,1-3H3,(H2,9,11);1H. The second-order valence-electron chi connectivity index (χ2n) is 3.34. The normalized spacial score (nSPS) is 12.3. The van der Waals surface area contributed by atoms with Crippen molar-refractivity contribution in [3.8, 4) is 0 Å². The van der Waals surface area contributed by atoms with E-state index in [1.807, 2.05) is 6.92 Å². The lowest BCUT2D eigenvalue weighted by Gasteiger charge is -2.08. The highest BCUT2D eigenvalue weighted by Crippen LogP contribution is 2.05. The summed E-state index contributed by atoms with van der Waals surface area (Å²) < 4.78 is 0.